The van der Waals surface area contributed by atoms with E-state index < -0.39 is 17.8 Å². The maximum atomic E-state index is 15.2. The molecule has 3 aliphatic heterocycles. The van der Waals surface area contributed by atoms with Gasteiger partial charge in [-0.25, -0.2) is 4.39 Å². The maximum absolute atomic E-state index is 15.2. The summed E-state index contributed by atoms with van der Waals surface area (Å²) in [7, 11) is 0. The Morgan fingerprint density at radius 2 is 1.76 bits per heavy atom. The van der Waals surface area contributed by atoms with E-state index in [2.05, 4.69) is 29.3 Å². The molecule has 212 valence electrons. The second kappa shape index (κ2) is 11.3. The van der Waals surface area contributed by atoms with E-state index in [-0.39, 0.29) is 31.2 Å². The molecule has 0 aliphatic carbocycles. The van der Waals surface area contributed by atoms with Crippen molar-refractivity contribution in [3.8, 4) is 5.75 Å². The zero-order valence-electron chi connectivity index (χ0n) is 23.1. The van der Waals surface area contributed by atoms with Crippen LogP contribution in [0.2, 0.25) is 0 Å². The van der Waals surface area contributed by atoms with Crippen molar-refractivity contribution in [3.05, 3.63) is 94.3 Å². The molecule has 2 fully saturated rings. The highest BCUT2D eigenvalue weighted by Gasteiger charge is 2.40. The molecule has 0 spiro atoms. The lowest BCUT2D eigenvalue weighted by Crippen LogP contribution is -2.52. The van der Waals surface area contributed by atoms with E-state index in [1.165, 1.54) is 22.1 Å². The van der Waals surface area contributed by atoms with Crippen LogP contribution >= 0.6 is 0 Å². The summed E-state index contributed by atoms with van der Waals surface area (Å²) in [5.41, 5.74) is 5.03. The molecule has 3 aromatic rings. The Bertz CT molecular complexity index is 1490. The summed E-state index contributed by atoms with van der Waals surface area (Å²) in [6.07, 6.45) is 0.469. The first-order chi connectivity index (χ1) is 19.9. The van der Waals surface area contributed by atoms with Crippen LogP contribution in [0.1, 0.15) is 45.5 Å². The van der Waals surface area contributed by atoms with E-state index in [1.807, 2.05) is 41.3 Å². The van der Waals surface area contributed by atoms with Gasteiger partial charge in [0.2, 0.25) is 11.8 Å². The highest BCUT2D eigenvalue weighted by Crippen LogP contribution is 2.33. The van der Waals surface area contributed by atoms with Gasteiger partial charge in [0.25, 0.3) is 5.91 Å². The number of ether oxygens (including phenoxy) is 1. The molecule has 3 aromatic carbocycles. The number of nitrogens with zero attached hydrogens (tertiary/aromatic N) is 3. The maximum Gasteiger partial charge on any atom is 0.255 e. The summed E-state index contributed by atoms with van der Waals surface area (Å²) >= 11 is 0. The van der Waals surface area contributed by atoms with Crippen LogP contribution in [-0.4, -0.2) is 59.7 Å². The number of hydrogen-bond donors (Lipinski definition) is 1. The topological polar surface area (TPSA) is 82.2 Å². The lowest BCUT2D eigenvalue weighted by Gasteiger charge is -2.36. The normalized spacial score (nSPS) is 19.4. The number of imide groups is 1. The Kier molecular flexibility index (Phi) is 7.45. The highest BCUT2D eigenvalue weighted by atomic mass is 19.1. The van der Waals surface area contributed by atoms with E-state index >= 15 is 4.39 Å². The standard InChI is InChI=1S/C32H33FN4O4/c1-21-15-25(41-20-22-5-3-2-4-6-22)8-7-23(21)18-35-11-13-36(14-12-35)29-16-24-19-37(32(40)26(24)17-27(29)33)28-9-10-30(38)34-31(28)39/h2-8,15-17,28H,9-14,18-20H2,1H3,(H,34,38,39). The molecular weight excluding hydrogens is 523 g/mol. The van der Waals surface area contributed by atoms with Crippen LogP contribution in [0, 0.1) is 12.7 Å². The molecule has 2 saturated heterocycles. The third kappa shape index (κ3) is 5.67. The number of hydrogen-bond acceptors (Lipinski definition) is 6. The first kappa shape index (κ1) is 27.0. The average molecular weight is 557 g/mol. The Labute approximate surface area is 238 Å². The summed E-state index contributed by atoms with van der Waals surface area (Å²) in [6, 6.07) is 18.6. The molecule has 9 heteroatoms. The SMILES string of the molecule is Cc1cc(OCc2ccccc2)ccc1CN1CCN(c2cc3c(cc2F)C(=O)N(C2CCC(=O)NC2=O)C3)CC1. The molecule has 0 aromatic heterocycles. The molecule has 1 atom stereocenters. The minimum absolute atomic E-state index is 0.187. The number of fused-ring (bicyclic) bond motifs is 1. The van der Waals surface area contributed by atoms with Crippen molar-refractivity contribution < 1.29 is 23.5 Å². The average Bonchev–Trinajstić information content (AvgIpc) is 3.28. The molecule has 0 radical (unpaired) electrons. The van der Waals surface area contributed by atoms with Gasteiger partial charge in [-0.1, -0.05) is 36.4 Å². The summed E-state index contributed by atoms with van der Waals surface area (Å²) < 4.78 is 21.2. The zero-order chi connectivity index (χ0) is 28.5. The van der Waals surface area contributed by atoms with Crippen LogP contribution in [0.3, 0.4) is 0 Å². The van der Waals surface area contributed by atoms with E-state index in [0.29, 0.717) is 36.5 Å². The van der Waals surface area contributed by atoms with E-state index in [0.717, 1.165) is 30.9 Å². The summed E-state index contributed by atoms with van der Waals surface area (Å²) in [6.45, 7) is 6.56. The van der Waals surface area contributed by atoms with Gasteiger partial charge in [0.05, 0.1) is 5.69 Å². The fraction of sp³-hybridized carbons (Fsp3) is 0.344. The second-order valence-corrected chi connectivity index (χ2v) is 11.0. The fourth-order valence-electron chi connectivity index (χ4n) is 5.88. The Balaban J connectivity index is 1.06. The molecule has 6 rings (SSSR count). The van der Waals surface area contributed by atoms with Crippen molar-refractivity contribution >= 4 is 23.4 Å². The van der Waals surface area contributed by atoms with Gasteiger partial charge in [-0.15, -0.1) is 0 Å². The number of rotatable bonds is 7. The molecule has 1 N–H and O–H groups in total. The minimum atomic E-state index is -0.712. The van der Waals surface area contributed by atoms with Gasteiger partial charge in [-0.2, -0.15) is 0 Å². The lowest BCUT2D eigenvalue weighted by molar-refractivity contribution is -0.136. The van der Waals surface area contributed by atoms with Crippen LogP contribution in [0.15, 0.2) is 60.7 Å². The largest absolute Gasteiger partial charge is 0.489 e. The van der Waals surface area contributed by atoms with Crippen molar-refractivity contribution in [3.63, 3.8) is 0 Å². The van der Waals surface area contributed by atoms with Crippen LogP contribution in [0.25, 0.3) is 0 Å². The van der Waals surface area contributed by atoms with Crippen molar-refractivity contribution in [2.24, 2.45) is 0 Å². The van der Waals surface area contributed by atoms with Crippen LogP contribution in [0.5, 0.6) is 5.75 Å². The number of aryl methyl sites for hydroxylation is 1. The minimum Gasteiger partial charge on any atom is -0.489 e. The van der Waals surface area contributed by atoms with Gasteiger partial charge in [0, 0.05) is 51.3 Å². The van der Waals surface area contributed by atoms with Gasteiger partial charge >= 0.3 is 0 Å². The van der Waals surface area contributed by atoms with Gasteiger partial charge in [-0.05, 0) is 59.9 Å². The number of benzene rings is 3. The Morgan fingerprint density at radius 3 is 2.49 bits per heavy atom. The van der Waals surface area contributed by atoms with Gasteiger partial charge in [-0.3, -0.25) is 24.6 Å². The van der Waals surface area contributed by atoms with Crippen molar-refractivity contribution in [2.45, 2.75) is 45.5 Å². The molecule has 0 saturated carbocycles. The number of piperazine rings is 1. The molecule has 1 unspecified atom stereocenters. The number of nitrogens with one attached hydrogen (secondary N) is 1. The van der Waals surface area contributed by atoms with Gasteiger partial charge in [0.1, 0.15) is 24.2 Å². The van der Waals surface area contributed by atoms with Crippen LogP contribution < -0.4 is 15.0 Å². The third-order valence-electron chi connectivity index (χ3n) is 8.26. The highest BCUT2D eigenvalue weighted by molar-refractivity contribution is 6.05. The molecule has 3 amide bonds. The van der Waals surface area contributed by atoms with Crippen LogP contribution in [-0.2, 0) is 29.3 Å². The number of amides is 3. The molecule has 41 heavy (non-hydrogen) atoms. The van der Waals surface area contributed by atoms with E-state index in [9.17, 15) is 14.4 Å². The molecule has 8 nitrogen and oxygen atoms in total. The number of anilines is 1. The summed E-state index contributed by atoms with van der Waals surface area (Å²) in [5.74, 6) is -0.748. The number of carbonyl (C=O) groups excluding carboxylic acids is 3. The first-order valence-corrected chi connectivity index (χ1v) is 14.1. The van der Waals surface area contributed by atoms with Gasteiger partial charge in [0.15, 0.2) is 0 Å². The third-order valence-corrected chi connectivity index (χ3v) is 8.26. The lowest BCUT2D eigenvalue weighted by atomic mass is 10.0. The number of piperidine rings is 1. The zero-order valence-corrected chi connectivity index (χ0v) is 23.1. The Hall–Kier alpha value is -4.24. The monoisotopic (exact) mass is 556 g/mol. The van der Waals surface area contributed by atoms with Crippen molar-refractivity contribution in [1.82, 2.24) is 15.1 Å². The summed E-state index contributed by atoms with van der Waals surface area (Å²) in [4.78, 5) is 42.7. The fourth-order valence-corrected chi connectivity index (χ4v) is 5.88. The predicted octanol–water partition coefficient (Wildman–Crippen LogP) is 3.80. The number of halogens is 1. The van der Waals surface area contributed by atoms with Gasteiger partial charge < -0.3 is 14.5 Å². The van der Waals surface area contributed by atoms with Crippen LogP contribution in [0.4, 0.5) is 10.1 Å². The molecule has 3 aliphatic rings. The first-order valence-electron chi connectivity index (χ1n) is 14.1. The molecule has 3 heterocycles. The van der Waals surface area contributed by atoms with E-state index in [1.54, 1.807) is 6.07 Å². The quantitative estimate of drug-likeness (QED) is 0.446. The van der Waals surface area contributed by atoms with Crippen molar-refractivity contribution in [1.29, 1.82) is 0 Å². The molecule has 0 bridgehead atoms. The van der Waals surface area contributed by atoms with Crippen molar-refractivity contribution in [2.75, 3.05) is 31.1 Å². The predicted molar refractivity (Wildman–Crippen MR) is 152 cm³/mol. The summed E-state index contributed by atoms with van der Waals surface area (Å²) in [5, 5.41) is 2.30. The van der Waals surface area contributed by atoms with E-state index in [4.69, 9.17) is 4.74 Å². The molecular formula is C32H33FN4O4. The Morgan fingerprint density at radius 1 is 0.976 bits per heavy atom. The number of carbonyl (C=O) groups is 3. The smallest absolute Gasteiger partial charge is 0.255 e. The second-order valence-electron chi connectivity index (χ2n) is 11.0.